The Morgan fingerprint density at radius 2 is 2.08 bits per heavy atom. The molecule has 2 aromatic rings. The zero-order valence-electron chi connectivity index (χ0n) is 13.9. The molecular weight excluding hydrogens is 310 g/mol. The minimum absolute atomic E-state index is 0.190. The van der Waals surface area contributed by atoms with Crippen LogP contribution in [0, 0.1) is 0 Å². The molecule has 1 aliphatic rings. The van der Waals surface area contributed by atoms with Crippen LogP contribution in [0.3, 0.4) is 0 Å². The quantitative estimate of drug-likeness (QED) is 0.865. The maximum absolute atomic E-state index is 12.5. The number of pyridine rings is 1. The third-order valence-electron chi connectivity index (χ3n) is 4.20. The highest BCUT2D eigenvalue weighted by Crippen LogP contribution is 2.21. The van der Waals surface area contributed by atoms with Gasteiger partial charge in [0.1, 0.15) is 11.9 Å². The Labute approximate surface area is 139 Å². The van der Waals surface area contributed by atoms with E-state index in [0.29, 0.717) is 11.3 Å². The van der Waals surface area contributed by atoms with Gasteiger partial charge in [0.15, 0.2) is 5.65 Å². The van der Waals surface area contributed by atoms with Crippen molar-refractivity contribution in [2.24, 2.45) is 0 Å². The van der Waals surface area contributed by atoms with Gasteiger partial charge in [-0.1, -0.05) is 13.8 Å². The lowest BCUT2D eigenvalue weighted by Gasteiger charge is -2.22. The Hall–Kier alpha value is -2.48. The number of anilines is 1. The number of aliphatic hydroxyl groups is 1. The number of nitrogens with one attached hydrogen (secondary N) is 1. The monoisotopic (exact) mass is 331 g/mol. The van der Waals surface area contributed by atoms with Gasteiger partial charge in [0.05, 0.1) is 11.8 Å². The summed E-state index contributed by atoms with van der Waals surface area (Å²) in [5.74, 6) is 0.482. The molecule has 0 unspecified atom stereocenters. The van der Waals surface area contributed by atoms with Crippen LogP contribution in [0.1, 0.15) is 38.9 Å². The highest BCUT2D eigenvalue weighted by atomic mass is 16.3. The van der Waals surface area contributed by atoms with Gasteiger partial charge in [-0.2, -0.15) is 0 Å². The first-order valence-electron chi connectivity index (χ1n) is 7.97. The fraction of sp³-hybridized carbons (Fsp3) is 0.500. The number of hydrogen-bond acceptors (Lipinski definition) is 5. The summed E-state index contributed by atoms with van der Waals surface area (Å²) in [4.78, 5) is 25.5. The van der Waals surface area contributed by atoms with E-state index in [1.807, 2.05) is 18.2 Å². The molecule has 0 saturated carbocycles. The first-order valence-corrected chi connectivity index (χ1v) is 7.97. The van der Waals surface area contributed by atoms with Crippen molar-refractivity contribution in [3.63, 3.8) is 0 Å². The second-order valence-electron chi connectivity index (χ2n) is 6.42. The fourth-order valence-electron chi connectivity index (χ4n) is 3.01. The van der Waals surface area contributed by atoms with Gasteiger partial charge < -0.3 is 15.3 Å². The number of likely N-dealkylation sites (tertiary alicyclic amines) is 1. The molecule has 1 saturated heterocycles. The maximum atomic E-state index is 12.5. The topological polar surface area (TPSA) is 99.8 Å². The molecule has 1 aliphatic heterocycles. The normalized spacial score (nSPS) is 20.8. The summed E-state index contributed by atoms with van der Waals surface area (Å²) in [6, 6.07) is 2.87. The van der Waals surface area contributed by atoms with Crippen LogP contribution >= 0.6 is 0 Å². The van der Waals surface area contributed by atoms with Gasteiger partial charge in [0.2, 0.25) is 11.8 Å². The third-order valence-corrected chi connectivity index (χ3v) is 4.20. The van der Waals surface area contributed by atoms with Crippen molar-refractivity contribution < 1.29 is 14.7 Å². The molecule has 1 fully saturated rings. The van der Waals surface area contributed by atoms with Crippen molar-refractivity contribution in [3.05, 3.63) is 24.2 Å². The van der Waals surface area contributed by atoms with Gasteiger partial charge in [-0.15, -0.1) is 10.2 Å². The predicted octanol–water partition coefficient (Wildman–Crippen LogP) is 0.773. The molecule has 24 heavy (non-hydrogen) atoms. The molecule has 2 aromatic heterocycles. The van der Waals surface area contributed by atoms with Crippen LogP contribution in [0.15, 0.2) is 18.3 Å². The Morgan fingerprint density at radius 3 is 2.75 bits per heavy atom. The molecule has 3 heterocycles. The van der Waals surface area contributed by atoms with Gasteiger partial charge in [-0.3, -0.25) is 14.0 Å². The number of hydrogen-bond donors (Lipinski definition) is 2. The van der Waals surface area contributed by atoms with Crippen molar-refractivity contribution in [1.82, 2.24) is 19.5 Å². The lowest BCUT2D eigenvalue weighted by Crippen LogP contribution is -2.42. The molecule has 2 amide bonds. The maximum Gasteiger partial charge on any atom is 0.247 e. The number of fused-ring (bicyclic) bond motifs is 1. The third kappa shape index (κ3) is 2.96. The summed E-state index contributed by atoms with van der Waals surface area (Å²) in [6.45, 7) is 5.63. The zero-order valence-corrected chi connectivity index (χ0v) is 13.9. The Kier molecular flexibility index (Phi) is 4.23. The van der Waals surface area contributed by atoms with E-state index >= 15 is 0 Å². The van der Waals surface area contributed by atoms with E-state index in [9.17, 15) is 14.7 Å². The average Bonchev–Trinajstić information content (AvgIpc) is 3.10. The SMILES string of the molecule is CC(=O)N1C[C@H](O)C[C@@H]1C(=O)Nc1ccc2nnc(C(C)C)n2c1. The van der Waals surface area contributed by atoms with Crippen LogP contribution in [0.2, 0.25) is 0 Å². The lowest BCUT2D eigenvalue weighted by atomic mass is 10.2. The predicted molar refractivity (Wildman–Crippen MR) is 87.5 cm³/mol. The van der Waals surface area contributed by atoms with Gasteiger partial charge >= 0.3 is 0 Å². The minimum atomic E-state index is -0.669. The summed E-state index contributed by atoms with van der Waals surface area (Å²) < 4.78 is 1.84. The Morgan fingerprint density at radius 1 is 1.33 bits per heavy atom. The number of carbonyl (C=O) groups is 2. The zero-order chi connectivity index (χ0) is 17.4. The fourth-order valence-corrected chi connectivity index (χ4v) is 3.01. The van der Waals surface area contributed by atoms with E-state index < -0.39 is 12.1 Å². The summed E-state index contributed by atoms with van der Waals surface area (Å²) in [6.07, 6.45) is 1.35. The van der Waals surface area contributed by atoms with Crippen molar-refractivity contribution in [2.45, 2.75) is 45.3 Å². The Bertz CT molecular complexity index is 785. The number of nitrogens with zero attached hydrogens (tertiary/aromatic N) is 4. The number of carbonyl (C=O) groups excluding carboxylic acids is 2. The summed E-state index contributed by atoms with van der Waals surface area (Å²) in [5, 5.41) is 20.8. The highest BCUT2D eigenvalue weighted by molar-refractivity contribution is 5.97. The van der Waals surface area contributed by atoms with Crippen molar-refractivity contribution in [1.29, 1.82) is 0 Å². The highest BCUT2D eigenvalue weighted by Gasteiger charge is 2.37. The standard InChI is InChI=1S/C16H21N5O3/c1-9(2)15-19-18-14-5-4-11(7-21(14)15)17-16(24)13-6-12(23)8-20(13)10(3)22/h4-5,7,9,12-13,23H,6,8H2,1-3H3,(H,17,24)/t12-,13-/m1/s1. The van der Waals surface area contributed by atoms with E-state index in [1.54, 1.807) is 18.3 Å². The van der Waals surface area contributed by atoms with Crippen molar-refractivity contribution in [2.75, 3.05) is 11.9 Å². The molecule has 0 bridgehead atoms. The lowest BCUT2D eigenvalue weighted by molar-refractivity contribution is -0.134. The number of aromatic nitrogens is 3. The van der Waals surface area contributed by atoms with Gasteiger partial charge in [0, 0.05) is 32.0 Å². The van der Waals surface area contributed by atoms with Crippen LogP contribution in [-0.2, 0) is 9.59 Å². The molecule has 8 heteroatoms. The first kappa shape index (κ1) is 16.4. The van der Waals surface area contributed by atoms with Gasteiger partial charge in [-0.25, -0.2) is 0 Å². The summed E-state index contributed by atoms with van der Waals surface area (Å²) in [5.41, 5.74) is 1.30. The van der Waals surface area contributed by atoms with Crippen LogP contribution in [0.4, 0.5) is 5.69 Å². The molecule has 0 aliphatic carbocycles. The van der Waals surface area contributed by atoms with E-state index in [0.717, 1.165) is 5.82 Å². The number of rotatable bonds is 3. The van der Waals surface area contributed by atoms with Gasteiger partial charge in [-0.05, 0) is 12.1 Å². The molecule has 2 N–H and O–H groups in total. The van der Waals surface area contributed by atoms with Gasteiger partial charge in [0.25, 0.3) is 0 Å². The number of aliphatic hydroxyl groups excluding tert-OH is 1. The molecule has 0 aromatic carbocycles. The molecule has 8 nitrogen and oxygen atoms in total. The molecule has 0 radical (unpaired) electrons. The average molecular weight is 331 g/mol. The van der Waals surface area contributed by atoms with Crippen molar-refractivity contribution in [3.8, 4) is 0 Å². The van der Waals surface area contributed by atoms with E-state index in [-0.39, 0.29) is 30.7 Å². The summed E-state index contributed by atoms with van der Waals surface area (Å²) in [7, 11) is 0. The van der Waals surface area contributed by atoms with E-state index in [4.69, 9.17) is 0 Å². The molecular formula is C16H21N5O3. The molecule has 0 spiro atoms. The largest absolute Gasteiger partial charge is 0.391 e. The second-order valence-corrected chi connectivity index (χ2v) is 6.42. The van der Waals surface area contributed by atoms with Crippen LogP contribution in [0.5, 0.6) is 0 Å². The molecule has 3 rings (SSSR count). The van der Waals surface area contributed by atoms with E-state index in [1.165, 1.54) is 11.8 Å². The van der Waals surface area contributed by atoms with Crippen LogP contribution < -0.4 is 5.32 Å². The van der Waals surface area contributed by atoms with Crippen LogP contribution in [-0.4, -0.2) is 55.1 Å². The smallest absolute Gasteiger partial charge is 0.247 e. The van der Waals surface area contributed by atoms with E-state index in [2.05, 4.69) is 15.5 Å². The summed E-state index contributed by atoms with van der Waals surface area (Å²) >= 11 is 0. The van der Waals surface area contributed by atoms with Crippen molar-refractivity contribution >= 4 is 23.1 Å². The molecule has 128 valence electrons. The molecule has 2 atom stereocenters. The minimum Gasteiger partial charge on any atom is -0.391 e. The first-order chi connectivity index (χ1) is 11.4. The van der Waals surface area contributed by atoms with Crippen LogP contribution in [0.25, 0.3) is 5.65 Å². The number of β-amino-alcohol motifs (C(OH)–C–C–N with tert-alkyl or cyclic N) is 1. The Balaban J connectivity index is 1.82. The number of amides is 2. The second kappa shape index (κ2) is 6.20.